The molecule has 3 nitrogen and oxygen atoms in total. The number of sulfone groups is 1. The van der Waals surface area contributed by atoms with Gasteiger partial charge in [-0.2, -0.15) is 0 Å². The van der Waals surface area contributed by atoms with Crippen molar-refractivity contribution in [2.75, 3.05) is 12.3 Å². The number of benzene rings is 1. The molecule has 0 aliphatic carbocycles. The number of unbranched alkanes of at least 4 members (excludes halogenated alkanes) is 1. The Labute approximate surface area is 130 Å². The van der Waals surface area contributed by atoms with Crippen LogP contribution in [0.4, 0.5) is 0 Å². The van der Waals surface area contributed by atoms with Crippen LogP contribution in [0.3, 0.4) is 0 Å². The van der Waals surface area contributed by atoms with E-state index in [1.165, 1.54) is 5.56 Å². The maximum Gasteiger partial charge on any atom is 0.178 e. The fraction of sp³-hybridized carbons (Fsp3) is 0.647. The molecule has 0 radical (unpaired) electrons. The second-order valence-corrected chi connectivity index (χ2v) is 8.11. The Morgan fingerprint density at radius 1 is 1.05 bits per heavy atom. The van der Waals surface area contributed by atoms with E-state index in [0.717, 1.165) is 25.8 Å². The zero-order valence-corrected chi connectivity index (χ0v) is 14.5. The van der Waals surface area contributed by atoms with Crippen molar-refractivity contribution in [1.29, 1.82) is 0 Å². The number of hydrogen-bond acceptors (Lipinski definition) is 3. The first-order chi connectivity index (χ1) is 9.86. The Morgan fingerprint density at radius 2 is 1.67 bits per heavy atom. The lowest BCUT2D eigenvalue weighted by Crippen LogP contribution is -2.25. The number of hydrogen-bond donors (Lipinski definition) is 1. The first-order valence-corrected chi connectivity index (χ1v) is 9.58. The predicted octanol–water partition coefficient (Wildman–Crippen LogP) is 3.75. The van der Waals surface area contributed by atoms with E-state index in [1.54, 1.807) is 12.1 Å². The molecule has 1 N–H and O–H groups in total. The SMILES string of the molecule is CCNC(C)CCCCS(=O)(=O)c1ccc(C(C)C)cc1. The molecule has 21 heavy (non-hydrogen) atoms. The van der Waals surface area contributed by atoms with Gasteiger partial charge < -0.3 is 5.32 Å². The lowest BCUT2D eigenvalue weighted by molar-refractivity contribution is 0.507. The summed E-state index contributed by atoms with van der Waals surface area (Å²) in [5.74, 6) is 0.668. The molecule has 0 fully saturated rings. The topological polar surface area (TPSA) is 46.2 Å². The summed E-state index contributed by atoms with van der Waals surface area (Å²) >= 11 is 0. The van der Waals surface area contributed by atoms with Crippen molar-refractivity contribution in [2.45, 2.75) is 63.8 Å². The minimum Gasteiger partial charge on any atom is -0.315 e. The smallest absolute Gasteiger partial charge is 0.178 e. The van der Waals surface area contributed by atoms with Crippen molar-refractivity contribution < 1.29 is 8.42 Å². The third kappa shape index (κ3) is 6.18. The first kappa shape index (κ1) is 18.2. The predicted molar refractivity (Wildman–Crippen MR) is 89.6 cm³/mol. The largest absolute Gasteiger partial charge is 0.315 e. The zero-order valence-electron chi connectivity index (χ0n) is 13.7. The van der Waals surface area contributed by atoms with Crippen molar-refractivity contribution in [3.8, 4) is 0 Å². The summed E-state index contributed by atoms with van der Waals surface area (Å²) in [5.41, 5.74) is 1.17. The summed E-state index contributed by atoms with van der Waals surface area (Å²) in [5, 5.41) is 3.34. The molecule has 0 bridgehead atoms. The highest BCUT2D eigenvalue weighted by atomic mass is 32.2. The van der Waals surface area contributed by atoms with Crippen LogP contribution in [0.2, 0.25) is 0 Å². The molecule has 0 saturated heterocycles. The second-order valence-electron chi connectivity index (χ2n) is 6.00. The molecular weight excluding hydrogens is 282 g/mol. The van der Waals surface area contributed by atoms with E-state index in [4.69, 9.17) is 0 Å². The lowest BCUT2D eigenvalue weighted by atomic mass is 10.0. The lowest BCUT2D eigenvalue weighted by Gasteiger charge is -2.12. The van der Waals surface area contributed by atoms with Crippen LogP contribution in [-0.2, 0) is 9.84 Å². The maximum atomic E-state index is 12.3. The standard InChI is InChI=1S/C17H29NO2S/c1-5-18-15(4)8-6-7-13-21(19,20)17-11-9-16(10-12-17)14(2)3/h9-12,14-15,18H,5-8,13H2,1-4H3. The van der Waals surface area contributed by atoms with E-state index in [-0.39, 0.29) is 5.75 Å². The molecule has 0 aliphatic rings. The van der Waals surface area contributed by atoms with Crippen LogP contribution >= 0.6 is 0 Å². The van der Waals surface area contributed by atoms with Crippen LogP contribution in [0.25, 0.3) is 0 Å². The van der Waals surface area contributed by atoms with E-state index < -0.39 is 9.84 Å². The van der Waals surface area contributed by atoms with Crippen molar-refractivity contribution >= 4 is 9.84 Å². The van der Waals surface area contributed by atoms with Gasteiger partial charge in [-0.1, -0.05) is 39.3 Å². The molecule has 0 aromatic heterocycles. The highest BCUT2D eigenvalue weighted by molar-refractivity contribution is 7.91. The monoisotopic (exact) mass is 311 g/mol. The molecule has 0 spiro atoms. The highest BCUT2D eigenvalue weighted by Crippen LogP contribution is 2.19. The van der Waals surface area contributed by atoms with Crippen LogP contribution in [0, 0.1) is 0 Å². The normalized spacial score (nSPS) is 13.6. The molecular formula is C17H29NO2S. The quantitative estimate of drug-likeness (QED) is 0.706. The van der Waals surface area contributed by atoms with Gasteiger partial charge in [0, 0.05) is 6.04 Å². The Kier molecular flexibility index (Phi) is 7.40. The van der Waals surface area contributed by atoms with Crippen LogP contribution in [0.1, 0.15) is 58.4 Å². The molecule has 1 rings (SSSR count). The molecule has 4 heteroatoms. The maximum absolute atomic E-state index is 12.3. The molecule has 0 saturated carbocycles. The third-order valence-corrected chi connectivity index (χ3v) is 5.58. The van der Waals surface area contributed by atoms with Gasteiger partial charge in [0.25, 0.3) is 0 Å². The fourth-order valence-electron chi connectivity index (χ4n) is 2.37. The van der Waals surface area contributed by atoms with Gasteiger partial charge in [0.2, 0.25) is 0 Å². The summed E-state index contributed by atoms with van der Waals surface area (Å²) in [6.07, 6.45) is 2.69. The van der Waals surface area contributed by atoms with Gasteiger partial charge in [0.05, 0.1) is 10.6 Å². The van der Waals surface area contributed by atoms with E-state index in [9.17, 15) is 8.42 Å². The van der Waals surface area contributed by atoms with Crippen molar-refractivity contribution in [1.82, 2.24) is 5.32 Å². The molecule has 1 atom stereocenters. The Bertz CT molecular complexity index is 506. The number of rotatable bonds is 9. The Morgan fingerprint density at radius 3 is 2.19 bits per heavy atom. The van der Waals surface area contributed by atoms with Crippen LogP contribution in [0.15, 0.2) is 29.2 Å². The van der Waals surface area contributed by atoms with Crippen LogP contribution in [-0.4, -0.2) is 26.8 Å². The molecule has 1 unspecified atom stereocenters. The minimum absolute atomic E-state index is 0.243. The average Bonchev–Trinajstić information content (AvgIpc) is 2.44. The summed E-state index contributed by atoms with van der Waals surface area (Å²) < 4.78 is 24.5. The van der Waals surface area contributed by atoms with E-state index >= 15 is 0 Å². The van der Waals surface area contributed by atoms with Gasteiger partial charge >= 0.3 is 0 Å². The first-order valence-electron chi connectivity index (χ1n) is 7.93. The van der Waals surface area contributed by atoms with Gasteiger partial charge in [-0.3, -0.25) is 0 Å². The van der Waals surface area contributed by atoms with Gasteiger partial charge in [-0.25, -0.2) is 8.42 Å². The number of nitrogens with one attached hydrogen (secondary N) is 1. The minimum atomic E-state index is -3.13. The summed E-state index contributed by atoms with van der Waals surface area (Å²) in [7, 11) is -3.13. The van der Waals surface area contributed by atoms with Gasteiger partial charge in [0.15, 0.2) is 9.84 Å². The third-order valence-electron chi connectivity index (χ3n) is 3.76. The average molecular weight is 311 g/mol. The van der Waals surface area contributed by atoms with Crippen LogP contribution < -0.4 is 5.32 Å². The molecule has 0 amide bonds. The highest BCUT2D eigenvalue weighted by Gasteiger charge is 2.14. The van der Waals surface area contributed by atoms with Crippen molar-refractivity contribution in [3.63, 3.8) is 0 Å². The molecule has 120 valence electrons. The molecule has 0 aliphatic heterocycles. The Hall–Kier alpha value is -0.870. The van der Waals surface area contributed by atoms with E-state index in [1.807, 2.05) is 12.1 Å². The van der Waals surface area contributed by atoms with E-state index in [2.05, 4.69) is 33.0 Å². The van der Waals surface area contributed by atoms with Crippen molar-refractivity contribution in [2.24, 2.45) is 0 Å². The molecule has 0 heterocycles. The zero-order chi connectivity index (χ0) is 15.9. The molecule has 1 aromatic carbocycles. The van der Waals surface area contributed by atoms with Gasteiger partial charge in [-0.15, -0.1) is 0 Å². The fourth-order valence-corrected chi connectivity index (χ4v) is 3.74. The van der Waals surface area contributed by atoms with Crippen LogP contribution in [0.5, 0.6) is 0 Å². The van der Waals surface area contributed by atoms with E-state index in [0.29, 0.717) is 16.9 Å². The molecule has 1 aromatic rings. The van der Waals surface area contributed by atoms with Crippen molar-refractivity contribution in [3.05, 3.63) is 29.8 Å². The summed E-state index contributed by atoms with van der Waals surface area (Å²) in [6, 6.07) is 7.79. The van der Waals surface area contributed by atoms with Gasteiger partial charge in [-0.05, 0) is 49.9 Å². The summed E-state index contributed by atoms with van der Waals surface area (Å²) in [6.45, 7) is 9.40. The summed E-state index contributed by atoms with van der Waals surface area (Å²) in [4.78, 5) is 0.451. The second kappa shape index (κ2) is 8.54. The van der Waals surface area contributed by atoms with Gasteiger partial charge in [0.1, 0.15) is 0 Å². The Balaban J connectivity index is 2.50.